The molecule has 98 valence electrons. The Balaban J connectivity index is 2.52. The lowest BCUT2D eigenvalue weighted by Gasteiger charge is -2.14. The van der Waals surface area contributed by atoms with E-state index < -0.39 is 28.1 Å². The fourth-order valence-electron chi connectivity index (χ4n) is 1.16. The maximum absolute atomic E-state index is 11.4. The molecule has 1 saturated carbocycles. The number of nitrogens with two attached hydrogens (primary N) is 1. The second kappa shape index (κ2) is 5.43. The van der Waals surface area contributed by atoms with Crippen LogP contribution in [0.15, 0.2) is 0 Å². The number of primary amides is 1. The van der Waals surface area contributed by atoms with E-state index in [0.717, 1.165) is 12.8 Å². The SMILES string of the molecule is NC(=O)CC[C@H](NS(=O)(=O)NC1CC1)C(=O)O. The first-order valence-electron chi connectivity index (χ1n) is 5.11. The van der Waals surface area contributed by atoms with Gasteiger partial charge >= 0.3 is 5.97 Å². The van der Waals surface area contributed by atoms with Gasteiger partial charge in [0.1, 0.15) is 6.04 Å². The molecule has 0 spiro atoms. The summed E-state index contributed by atoms with van der Waals surface area (Å²) in [7, 11) is -3.84. The third kappa shape index (κ3) is 5.61. The molecule has 1 rings (SSSR count). The van der Waals surface area contributed by atoms with Gasteiger partial charge in [0.2, 0.25) is 5.91 Å². The minimum atomic E-state index is -3.84. The molecular formula is C8H15N3O5S. The first-order chi connectivity index (χ1) is 7.80. The zero-order valence-corrected chi connectivity index (χ0v) is 9.87. The van der Waals surface area contributed by atoms with E-state index in [2.05, 4.69) is 4.72 Å². The molecule has 8 nitrogen and oxygen atoms in total. The minimum Gasteiger partial charge on any atom is -0.480 e. The molecule has 0 aromatic rings. The van der Waals surface area contributed by atoms with Crippen molar-refractivity contribution in [3.05, 3.63) is 0 Å². The van der Waals surface area contributed by atoms with Crippen LogP contribution in [0.25, 0.3) is 0 Å². The number of carboxylic acid groups (broad SMARTS) is 1. The molecule has 1 amide bonds. The summed E-state index contributed by atoms with van der Waals surface area (Å²) in [5.41, 5.74) is 4.87. The lowest BCUT2D eigenvalue weighted by Crippen LogP contribution is -2.47. The van der Waals surface area contributed by atoms with Crippen LogP contribution in [0, 0.1) is 0 Å². The van der Waals surface area contributed by atoms with Crippen molar-refractivity contribution in [1.82, 2.24) is 9.44 Å². The molecule has 0 aromatic carbocycles. The summed E-state index contributed by atoms with van der Waals surface area (Å²) in [6.45, 7) is 0. The van der Waals surface area contributed by atoms with E-state index in [0.29, 0.717) is 0 Å². The monoisotopic (exact) mass is 265 g/mol. The Kier molecular flexibility index (Phi) is 4.43. The molecule has 5 N–H and O–H groups in total. The Labute approximate surface area is 98.7 Å². The summed E-state index contributed by atoms with van der Waals surface area (Å²) in [6, 6.07) is -1.46. The Morgan fingerprint density at radius 1 is 1.41 bits per heavy atom. The largest absolute Gasteiger partial charge is 0.480 e. The molecule has 1 aliphatic carbocycles. The fraction of sp³-hybridized carbons (Fsp3) is 0.750. The van der Waals surface area contributed by atoms with Crippen LogP contribution in [0.2, 0.25) is 0 Å². The fourth-order valence-corrected chi connectivity index (χ4v) is 2.50. The van der Waals surface area contributed by atoms with E-state index >= 15 is 0 Å². The van der Waals surface area contributed by atoms with Crippen molar-refractivity contribution >= 4 is 22.1 Å². The topological polar surface area (TPSA) is 139 Å². The first-order valence-corrected chi connectivity index (χ1v) is 6.59. The van der Waals surface area contributed by atoms with Gasteiger partial charge in [0.05, 0.1) is 0 Å². The maximum atomic E-state index is 11.4. The van der Waals surface area contributed by atoms with E-state index in [1.54, 1.807) is 0 Å². The van der Waals surface area contributed by atoms with Crippen molar-refractivity contribution in [1.29, 1.82) is 0 Å². The van der Waals surface area contributed by atoms with E-state index in [4.69, 9.17) is 10.8 Å². The second-order valence-corrected chi connectivity index (χ2v) is 5.39. The molecular weight excluding hydrogens is 250 g/mol. The third-order valence-electron chi connectivity index (χ3n) is 2.17. The number of rotatable bonds is 8. The van der Waals surface area contributed by atoms with E-state index in [-0.39, 0.29) is 18.9 Å². The zero-order chi connectivity index (χ0) is 13.1. The summed E-state index contributed by atoms with van der Waals surface area (Å²) in [6.07, 6.45) is 1.14. The van der Waals surface area contributed by atoms with Gasteiger partial charge in [-0.1, -0.05) is 0 Å². The van der Waals surface area contributed by atoms with Crippen LogP contribution in [-0.4, -0.2) is 37.5 Å². The van der Waals surface area contributed by atoms with E-state index in [1.165, 1.54) is 0 Å². The van der Waals surface area contributed by atoms with Crippen LogP contribution < -0.4 is 15.2 Å². The van der Waals surface area contributed by atoms with Crippen molar-refractivity contribution in [2.24, 2.45) is 5.73 Å². The maximum Gasteiger partial charge on any atom is 0.321 e. The molecule has 0 aromatic heterocycles. The average molecular weight is 265 g/mol. The highest BCUT2D eigenvalue weighted by Crippen LogP contribution is 2.19. The molecule has 0 bridgehead atoms. The van der Waals surface area contributed by atoms with Gasteiger partial charge in [-0.15, -0.1) is 0 Å². The quantitative estimate of drug-likeness (QED) is 0.414. The van der Waals surface area contributed by atoms with Crippen molar-refractivity contribution in [2.75, 3.05) is 0 Å². The smallest absolute Gasteiger partial charge is 0.321 e. The molecule has 1 aliphatic rings. The van der Waals surface area contributed by atoms with Crippen molar-refractivity contribution < 1.29 is 23.1 Å². The van der Waals surface area contributed by atoms with E-state index in [1.807, 2.05) is 4.72 Å². The summed E-state index contributed by atoms with van der Waals surface area (Å²) in [5, 5.41) is 8.79. The van der Waals surface area contributed by atoms with Crippen LogP contribution in [0.4, 0.5) is 0 Å². The van der Waals surface area contributed by atoms with Gasteiger partial charge in [-0.05, 0) is 19.3 Å². The second-order valence-electron chi connectivity index (χ2n) is 3.91. The third-order valence-corrected chi connectivity index (χ3v) is 3.41. The average Bonchev–Trinajstić information content (AvgIpc) is 2.94. The Hall–Kier alpha value is -1.19. The first kappa shape index (κ1) is 13.9. The number of nitrogens with one attached hydrogen (secondary N) is 2. The molecule has 1 fully saturated rings. The lowest BCUT2D eigenvalue weighted by atomic mass is 10.2. The highest BCUT2D eigenvalue weighted by Gasteiger charge is 2.30. The van der Waals surface area contributed by atoms with Gasteiger partial charge in [-0.3, -0.25) is 9.59 Å². The number of hydrogen-bond acceptors (Lipinski definition) is 4. The summed E-state index contributed by atoms with van der Waals surface area (Å²) >= 11 is 0. The Bertz CT molecular complexity index is 403. The van der Waals surface area contributed by atoms with Crippen molar-refractivity contribution in [3.63, 3.8) is 0 Å². The van der Waals surface area contributed by atoms with Gasteiger partial charge in [-0.25, -0.2) is 0 Å². The number of amides is 1. The Morgan fingerprint density at radius 2 is 2.00 bits per heavy atom. The highest BCUT2D eigenvalue weighted by molar-refractivity contribution is 7.87. The van der Waals surface area contributed by atoms with E-state index in [9.17, 15) is 18.0 Å². The summed E-state index contributed by atoms with van der Waals surface area (Å²) in [4.78, 5) is 21.3. The van der Waals surface area contributed by atoms with Crippen LogP contribution in [0.1, 0.15) is 25.7 Å². The molecule has 0 heterocycles. The number of hydrogen-bond donors (Lipinski definition) is 4. The standard InChI is InChI=1S/C8H15N3O5S/c9-7(12)4-3-6(8(13)14)11-17(15,16)10-5-1-2-5/h5-6,10-11H,1-4H2,(H2,9,12)(H,13,14)/t6-/m0/s1. The summed E-state index contributed by atoms with van der Waals surface area (Å²) < 4.78 is 27.1. The zero-order valence-electron chi connectivity index (χ0n) is 9.05. The lowest BCUT2D eigenvalue weighted by molar-refractivity contribution is -0.139. The van der Waals surface area contributed by atoms with Crippen molar-refractivity contribution in [2.45, 2.75) is 37.8 Å². The van der Waals surface area contributed by atoms with Gasteiger partial charge < -0.3 is 10.8 Å². The predicted octanol–water partition coefficient (Wildman–Crippen LogP) is -1.71. The molecule has 9 heteroatoms. The molecule has 1 atom stereocenters. The number of carbonyl (C=O) groups is 2. The molecule has 0 aliphatic heterocycles. The normalized spacial score (nSPS) is 17.6. The minimum absolute atomic E-state index is 0.113. The van der Waals surface area contributed by atoms with Gasteiger partial charge in [-0.2, -0.15) is 17.9 Å². The number of carboxylic acids is 1. The van der Waals surface area contributed by atoms with Crippen LogP contribution in [0.3, 0.4) is 0 Å². The molecule has 0 unspecified atom stereocenters. The van der Waals surface area contributed by atoms with Crippen LogP contribution >= 0.6 is 0 Å². The number of aliphatic carboxylic acids is 1. The van der Waals surface area contributed by atoms with Gasteiger partial charge in [0, 0.05) is 12.5 Å². The van der Waals surface area contributed by atoms with Gasteiger partial charge in [0.15, 0.2) is 0 Å². The van der Waals surface area contributed by atoms with Gasteiger partial charge in [0.25, 0.3) is 10.2 Å². The number of carbonyl (C=O) groups excluding carboxylic acids is 1. The van der Waals surface area contributed by atoms with Crippen molar-refractivity contribution in [3.8, 4) is 0 Å². The predicted molar refractivity (Wildman–Crippen MR) is 58.1 cm³/mol. The Morgan fingerprint density at radius 3 is 2.41 bits per heavy atom. The highest BCUT2D eigenvalue weighted by atomic mass is 32.2. The molecule has 0 radical (unpaired) electrons. The molecule has 17 heavy (non-hydrogen) atoms. The van der Waals surface area contributed by atoms with Crippen LogP contribution in [-0.2, 0) is 19.8 Å². The van der Waals surface area contributed by atoms with Crippen LogP contribution in [0.5, 0.6) is 0 Å². The summed E-state index contributed by atoms with van der Waals surface area (Å²) in [5.74, 6) is -2.02. The molecule has 0 saturated heterocycles.